The van der Waals surface area contributed by atoms with E-state index in [4.69, 9.17) is 16.3 Å². The molecule has 156 valence electrons. The quantitative estimate of drug-likeness (QED) is 0.450. The fourth-order valence-electron chi connectivity index (χ4n) is 2.90. The molecule has 0 unspecified atom stereocenters. The van der Waals surface area contributed by atoms with Crippen LogP contribution in [0.1, 0.15) is 35.3 Å². The lowest BCUT2D eigenvalue weighted by molar-refractivity contribution is 0.0949. The van der Waals surface area contributed by atoms with Gasteiger partial charge in [0.2, 0.25) is 0 Å². The number of hydrogen-bond donors (Lipinski definition) is 2. The minimum atomic E-state index is -0.0534. The number of rotatable bonds is 9. The van der Waals surface area contributed by atoms with Crippen LogP contribution in [0.2, 0.25) is 5.02 Å². The zero-order chi connectivity index (χ0) is 21.3. The van der Waals surface area contributed by atoms with Gasteiger partial charge in [-0.1, -0.05) is 61.8 Å². The molecule has 2 N–H and O–H groups in total. The highest BCUT2D eigenvalue weighted by Gasteiger charge is 2.07. The molecule has 0 aromatic heterocycles. The normalized spacial score (nSPS) is 10.7. The van der Waals surface area contributed by atoms with Crippen molar-refractivity contribution in [1.29, 1.82) is 0 Å². The summed E-state index contributed by atoms with van der Waals surface area (Å²) in [5, 5.41) is 7.02. The third-order valence-electron chi connectivity index (χ3n) is 4.54. The van der Waals surface area contributed by atoms with Gasteiger partial charge >= 0.3 is 0 Å². The molecule has 0 aliphatic carbocycles. The summed E-state index contributed by atoms with van der Waals surface area (Å²) in [5.74, 6) is 1.15. The van der Waals surface area contributed by atoms with Gasteiger partial charge in [0, 0.05) is 34.9 Å². The van der Waals surface area contributed by atoms with Gasteiger partial charge in [-0.15, -0.1) is 0 Å². The molecule has 1 amide bonds. The summed E-state index contributed by atoms with van der Waals surface area (Å²) in [4.78, 5) is 12.3. The molecule has 0 radical (unpaired) electrons. The van der Waals surface area contributed by atoms with Crippen LogP contribution in [0.15, 0.2) is 72.8 Å². The van der Waals surface area contributed by atoms with E-state index in [1.54, 1.807) is 0 Å². The van der Waals surface area contributed by atoms with E-state index in [1.165, 1.54) is 0 Å². The van der Waals surface area contributed by atoms with Crippen molar-refractivity contribution >= 4 is 23.2 Å². The molecule has 0 aliphatic rings. The van der Waals surface area contributed by atoms with E-state index in [9.17, 15) is 4.79 Å². The first-order valence-electron chi connectivity index (χ1n) is 10.1. The van der Waals surface area contributed by atoms with Gasteiger partial charge < -0.3 is 15.4 Å². The van der Waals surface area contributed by atoms with E-state index in [2.05, 4.69) is 24.5 Å². The van der Waals surface area contributed by atoms with Crippen LogP contribution in [0.3, 0.4) is 0 Å². The second-order valence-corrected chi connectivity index (χ2v) is 7.97. The van der Waals surface area contributed by atoms with Gasteiger partial charge in [0.05, 0.1) is 0 Å². The maximum atomic E-state index is 12.3. The fraction of sp³-hybridized carbons (Fsp3) is 0.240. The molecule has 0 aliphatic heterocycles. The third kappa shape index (κ3) is 6.53. The number of amides is 1. The largest absolute Gasteiger partial charge is 0.489 e. The molecular weight excluding hydrogens is 396 g/mol. The number of carbonyl (C=O) groups is 1. The van der Waals surface area contributed by atoms with E-state index in [-0.39, 0.29) is 5.91 Å². The monoisotopic (exact) mass is 422 g/mol. The Morgan fingerprint density at radius 3 is 2.60 bits per heavy atom. The molecule has 0 bridgehead atoms. The van der Waals surface area contributed by atoms with Gasteiger partial charge in [-0.05, 0) is 47.9 Å². The summed E-state index contributed by atoms with van der Waals surface area (Å²) in [7, 11) is 0. The molecule has 0 fully saturated rings. The van der Waals surface area contributed by atoms with E-state index in [0.717, 1.165) is 22.6 Å². The Balaban J connectivity index is 1.57. The van der Waals surface area contributed by atoms with Crippen LogP contribution < -0.4 is 15.4 Å². The lowest BCUT2D eigenvalue weighted by Crippen LogP contribution is -2.27. The second-order valence-electron chi connectivity index (χ2n) is 7.57. The Hall–Kier alpha value is -2.98. The van der Waals surface area contributed by atoms with Gasteiger partial charge in [0.1, 0.15) is 12.4 Å². The average Bonchev–Trinajstić information content (AvgIpc) is 2.76. The van der Waals surface area contributed by atoms with Crippen LogP contribution in [-0.2, 0) is 13.2 Å². The smallest absolute Gasteiger partial charge is 0.251 e. The molecule has 3 aromatic rings. The molecule has 0 saturated heterocycles. The molecule has 0 atom stereocenters. The predicted molar refractivity (Wildman–Crippen MR) is 123 cm³/mol. The van der Waals surface area contributed by atoms with E-state index in [0.29, 0.717) is 36.2 Å². The van der Waals surface area contributed by atoms with Gasteiger partial charge in [-0.25, -0.2) is 0 Å². The first-order chi connectivity index (χ1) is 14.5. The van der Waals surface area contributed by atoms with Crippen molar-refractivity contribution < 1.29 is 9.53 Å². The molecule has 4 nitrogen and oxygen atoms in total. The summed E-state index contributed by atoms with van der Waals surface area (Å²) < 4.78 is 5.90. The van der Waals surface area contributed by atoms with Crippen molar-refractivity contribution in [3.8, 4) is 5.75 Å². The zero-order valence-electron chi connectivity index (χ0n) is 17.3. The first-order valence-corrected chi connectivity index (χ1v) is 10.5. The minimum absolute atomic E-state index is 0.0534. The number of halogens is 1. The van der Waals surface area contributed by atoms with E-state index in [1.807, 2.05) is 72.8 Å². The topological polar surface area (TPSA) is 50.4 Å². The summed E-state index contributed by atoms with van der Waals surface area (Å²) in [6.07, 6.45) is 0. The van der Waals surface area contributed by atoms with Crippen LogP contribution in [0.4, 0.5) is 5.69 Å². The third-order valence-corrected chi connectivity index (χ3v) is 4.91. The number of carbonyl (C=O) groups excluding carboxylic acids is 1. The standard InChI is InChI=1S/C25H27ClN2O2/c1-18(2)15-28-25(29)20-9-6-10-22(14-20)27-16-19-7-5-11-23(13-19)30-17-21-8-3-4-12-24(21)26/h3-14,18,27H,15-17H2,1-2H3,(H,28,29). The molecule has 3 rings (SSSR count). The molecular formula is C25H27ClN2O2. The maximum absolute atomic E-state index is 12.3. The molecule has 3 aromatic carbocycles. The summed E-state index contributed by atoms with van der Waals surface area (Å²) >= 11 is 6.19. The number of benzene rings is 3. The van der Waals surface area contributed by atoms with Crippen molar-refractivity contribution in [3.63, 3.8) is 0 Å². The highest BCUT2D eigenvalue weighted by molar-refractivity contribution is 6.31. The van der Waals surface area contributed by atoms with Crippen molar-refractivity contribution in [2.45, 2.75) is 27.0 Å². The van der Waals surface area contributed by atoms with Crippen molar-refractivity contribution in [3.05, 3.63) is 94.5 Å². The van der Waals surface area contributed by atoms with Crippen LogP contribution >= 0.6 is 11.6 Å². The van der Waals surface area contributed by atoms with Crippen LogP contribution in [0.25, 0.3) is 0 Å². The Labute approximate surface area is 183 Å². The van der Waals surface area contributed by atoms with Crippen molar-refractivity contribution in [1.82, 2.24) is 5.32 Å². The van der Waals surface area contributed by atoms with Gasteiger partial charge in [0.25, 0.3) is 5.91 Å². The average molecular weight is 423 g/mol. The summed E-state index contributed by atoms with van der Waals surface area (Å²) in [6.45, 7) is 5.86. The van der Waals surface area contributed by atoms with Crippen molar-refractivity contribution in [2.75, 3.05) is 11.9 Å². The summed E-state index contributed by atoms with van der Waals surface area (Å²) in [6, 6.07) is 23.1. The number of hydrogen-bond acceptors (Lipinski definition) is 3. The first kappa shape index (κ1) is 21.7. The molecule has 0 heterocycles. The number of ether oxygens (including phenoxy) is 1. The lowest BCUT2D eigenvalue weighted by atomic mass is 10.1. The fourth-order valence-corrected chi connectivity index (χ4v) is 3.09. The van der Waals surface area contributed by atoms with E-state index >= 15 is 0 Å². The Bertz CT molecular complexity index is 988. The van der Waals surface area contributed by atoms with E-state index < -0.39 is 0 Å². The number of anilines is 1. The van der Waals surface area contributed by atoms with Gasteiger partial charge in [-0.2, -0.15) is 0 Å². The highest BCUT2D eigenvalue weighted by Crippen LogP contribution is 2.20. The Morgan fingerprint density at radius 1 is 1.00 bits per heavy atom. The maximum Gasteiger partial charge on any atom is 0.251 e. The molecule has 0 spiro atoms. The van der Waals surface area contributed by atoms with Gasteiger partial charge in [0.15, 0.2) is 0 Å². The van der Waals surface area contributed by atoms with Crippen LogP contribution in [0.5, 0.6) is 5.75 Å². The second kappa shape index (κ2) is 10.7. The van der Waals surface area contributed by atoms with Crippen LogP contribution in [-0.4, -0.2) is 12.5 Å². The highest BCUT2D eigenvalue weighted by atomic mass is 35.5. The Morgan fingerprint density at radius 2 is 1.80 bits per heavy atom. The Kier molecular flexibility index (Phi) is 7.75. The minimum Gasteiger partial charge on any atom is -0.489 e. The van der Waals surface area contributed by atoms with Crippen molar-refractivity contribution in [2.24, 2.45) is 5.92 Å². The van der Waals surface area contributed by atoms with Gasteiger partial charge in [-0.3, -0.25) is 4.79 Å². The number of nitrogens with one attached hydrogen (secondary N) is 2. The zero-order valence-corrected chi connectivity index (χ0v) is 18.1. The SMILES string of the molecule is CC(C)CNC(=O)c1cccc(NCc2cccc(OCc3ccccc3Cl)c2)c1. The molecule has 0 saturated carbocycles. The lowest BCUT2D eigenvalue weighted by Gasteiger charge is -2.12. The summed E-state index contributed by atoms with van der Waals surface area (Å²) in [5.41, 5.74) is 3.59. The molecule has 30 heavy (non-hydrogen) atoms. The predicted octanol–water partition coefficient (Wildman–Crippen LogP) is 5.92. The molecule has 5 heteroatoms. The van der Waals surface area contributed by atoms with Crippen LogP contribution in [0, 0.1) is 5.92 Å².